The minimum absolute atomic E-state index is 0.283. The first kappa shape index (κ1) is 14.8. The van der Waals surface area contributed by atoms with Crippen LogP contribution in [0.5, 0.6) is 0 Å². The largest absolute Gasteiger partial charge is 0.254 e. The summed E-state index contributed by atoms with van der Waals surface area (Å²) in [6.07, 6.45) is 0.283. The fraction of sp³-hybridized carbons (Fsp3) is 0.143. The van der Waals surface area contributed by atoms with Crippen molar-refractivity contribution in [2.24, 2.45) is 0 Å². The van der Waals surface area contributed by atoms with Crippen molar-refractivity contribution in [3.63, 3.8) is 0 Å². The summed E-state index contributed by atoms with van der Waals surface area (Å²) in [6, 6.07) is 6.66. The van der Waals surface area contributed by atoms with E-state index >= 15 is 0 Å². The molecule has 0 spiro atoms. The Balaban J connectivity index is 2.66. The van der Waals surface area contributed by atoms with Gasteiger partial charge in [0.15, 0.2) is 5.82 Å². The van der Waals surface area contributed by atoms with E-state index in [1.165, 1.54) is 0 Å². The molecule has 0 aliphatic heterocycles. The van der Waals surface area contributed by atoms with Crippen LogP contribution in [0, 0.1) is 12.7 Å². The summed E-state index contributed by atoms with van der Waals surface area (Å²) in [6.45, 7) is 3.69. The van der Waals surface area contributed by atoms with Crippen LogP contribution in [0.15, 0.2) is 24.3 Å². The Morgan fingerprint density at radius 1 is 1.21 bits per heavy atom. The van der Waals surface area contributed by atoms with Crippen LogP contribution in [0.25, 0.3) is 11.1 Å². The monoisotopic (exact) mass is 360 g/mol. The Bertz CT molecular complexity index is 617. The maximum Gasteiger partial charge on any atom is 0.152 e. The van der Waals surface area contributed by atoms with Crippen molar-refractivity contribution in [2.45, 2.75) is 11.8 Å². The molecule has 0 bridgehead atoms. The minimum Gasteiger partial charge on any atom is -0.254 e. The van der Waals surface area contributed by atoms with Gasteiger partial charge in [-0.15, -0.1) is 0 Å². The Morgan fingerprint density at radius 2 is 1.95 bits per heavy atom. The molecule has 0 N–H and O–H groups in total. The smallest absolute Gasteiger partial charge is 0.152 e. The highest BCUT2D eigenvalue weighted by atomic mass is 79.9. The highest BCUT2D eigenvalue weighted by molar-refractivity contribution is 9.08. The van der Waals surface area contributed by atoms with Crippen LogP contribution in [-0.2, 0) is 11.8 Å². The number of hydrogen-bond donors (Lipinski definition) is 0. The third kappa shape index (κ3) is 3.10. The average Bonchev–Trinajstić information content (AvgIpc) is 2.40. The number of halogens is 4. The Hall–Kier alpha value is -0.640. The fourth-order valence-corrected chi connectivity index (χ4v) is 2.58. The standard InChI is InChI=1S/C14H10BrCl2FN/c1-2-13-14(18)11(6-9(7-15)19-13)10-4-3-8(16)5-12(10)17/h3-6H,1-2,7H2. The third-order valence-electron chi connectivity index (χ3n) is 2.67. The van der Waals surface area contributed by atoms with Crippen molar-refractivity contribution in [3.8, 4) is 11.1 Å². The van der Waals surface area contributed by atoms with E-state index in [0.29, 0.717) is 32.2 Å². The highest BCUT2D eigenvalue weighted by Gasteiger charge is 2.15. The summed E-state index contributed by atoms with van der Waals surface area (Å²) in [5, 5.41) is 1.47. The van der Waals surface area contributed by atoms with E-state index in [9.17, 15) is 4.39 Å². The first-order chi connectivity index (χ1) is 9.06. The summed E-state index contributed by atoms with van der Waals surface area (Å²) in [4.78, 5) is 4.19. The molecule has 1 nitrogen and oxygen atoms in total. The fourth-order valence-electron chi connectivity index (χ4n) is 1.78. The topological polar surface area (TPSA) is 12.9 Å². The number of nitrogens with zero attached hydrogens (tertiary/aromatic N) is 1. The second-order valence-electron chi connectivity index (χ2n) is 3.93. The molecule has 0 fully saturated rings. The van der Waals surface area contributed by atoms with Crippen LogP contribution in [0.2, 0.25) is 10.0 Å². The summed E-state index contributed by atoms with van der Waals surface area (Å²) >= 11 is 15.3. The Kier molecular flexibility index (Phi) is 4.82. The van der Waals surface area contributed by atoms with Crippen LogP contribution in [0.4, 0.5) is 4.39 Å². The van der Waals surface area contributed by atoms with Gasteiger partial charge in [0.05, 0.1) is 11.4 Å². The molecule has 0 saturated carbocycles. The number of pyridine rings is 1. The molecular formula is C14H10BrCl2FN. The van der Waals surface area contributed by atoms with Gasteiger partial charge in [0.2, 0.25) is 0 Å². The predicted octanol–water partition coefficient (Wildman–Crippen LogP) is 5.47. The zero-order valence-corrected chi connectivity index (χ0v) is 13.0. The van der Waals surface area contributed by atoms with Gasteiger partial charge in [-0.2, -0.15) is 0 Å². The van der Waals surface area contributed by atoms with E-state index in [1.54, 1.807) is 24.3 Å². The van der Waals surface area contributed by atoms with Crippen LogP contribution in [0.1, 0.15) is 11.4 Å². The van der Waals surface area contributed by atoms with Crippen LogP contribution >= 0.6 is 39.1 Å². The molecule has 0 unspecified atom stereocenters. The molecule has 19 heavy (non-hydrogen) atoms. The normalized spacial score (nSPS) is 10.8. The lowest BCUT2D eigenvalue weighted by molar-refractivity contribution is 0.607. The Morgan fingerprint density at radius 3 is 2.53 bits per heavy atom. The molecule has 0 atom stereocenters. The minimum atomic E-state index is -0.385. The van der Waals surface area contributed by atoms with E-state index in [-0.39, 0.29) is 12.2 Å². The van der Waals surface area contributed by atoms with Gasteiger partial charge in [0.25, 0.3) is 0 Å². The molecule has 0 aliphatic carbocycles. The molecule has 1 aromatic carbocycles. The number of aromatic nitrogens is 1. The van der Waals surface area contributed by atoms with E-state index in [0.717, 1.165) is 5.69 Å². The zero-order valence-electron chi connectivity index (χ0n) is 9.89. The van der Waals surface area contributed by atoms with Crippen LogP contribution < -0.4 is 0 Å². The molecular weight excluding hydrogens is 352 g/mol. The van der Waals surface area contributed by atoms with Crippen LogP contribution in [-0.4, -0.2) is 4.98 Å². The van der Waals surface area contributed by atoms with Gasteiger partial charge >= 0.3 is 0 Å². The van der Waals surface area contributed by atoms with Crippen molar-refractivity contribution < 1.29 is 4.39 Å². The lowest BCUT2D eigenvalue weighted by Crippen LogP contribution is -2.00. The Labute approximate surface area is 129 Å². The third-order valence-corrected chi connectivity index (χ3v) is 3.80. The van der Waals surface area contributed by atoms with Crippen molar-refractivity contribution in [1.82, 2.24) is 4.98 Å². The molecule has 5 heteroatoms. The predicted molar refractivity (Wildman–Crippen MR) is 81.3 cm³/mol. The van der Waals surface area contributed by atoms with Gasteiger partial charge in [0.1, 0.15) is 0 Å². The highest BCUT2D eigenvalue weighted by Crippen LogP contribution is 2.33. The first-order valence-electron chi connectivity index (χ1n) is 5.55. The van der Waals surface area contributed by atoms with Crippen LogP contribution in [0.3, 0.4) is 0 Å². The lowest BCUT2D eigenvalue weighted by atomic mass is 10.0. The number of alkyl halides is 1. The van der Waals surface area contributed by atoms with E-state index in [1.807, 2.05) is 0 Å². The second-order valence-corrected chi connectivity index (χ2v) is 5.33. The van der Waals surface area contributed by atoms with Gasteiger partial charge in [-0.05, 0) is 31.5 Å². The molecule has 0 saturated heterocycles. The molecule has 1 aromatic heterocycles. The van der Waals surface area contributed by atoms with Crippen molar-refractivity contribution >= 4 is 39.1 Å². The van der Waals surface area contributed by atoms with Crippen molar-refractivity contribution in [3.05, 3.63) is 58.4 Å². The molecule has 0 amide bonds. The van der Waals surface area contributed by atoms with E-state index in [2.05, 4.69) is 27.8 Å². The number of rotatable bonds is 3. The molecule has 0 aliphatic rings. The lowest BCUT2D eigenvalue weighted by Gasteiger charge is -2.11. The molecule has 1 radical (unpaired) electrons. The summed E-state index contributed by atoms with van der Waals surface area (Å²) < 4.78 is 14.3. The van der Waals surface area contributed by atoms with Gasteiger partial charge < -0.3 is 0 Å². The number of hydrogen-bond acceptors (Lipinski definition) is 1. The summed E-state index contributed by atoms with van der Waals surface area (Å²) in [7, 11) is 0. The molecule has 99 valence electrons. The average molecular weight is 362 g/mol. The second kappa shape index (κ2) is 6.21. The molecule has 2 aromatic rings. The van der Waals surface area contributed by atoms with E-state index in [4.69, 9.17) is 23.2 Å². The maximum absolute atomic E-state index is 14.3. The zero-order chi connectivity index (χ0) is 14.0. The SMILES string of the molecule is [CH2]Cc1nc(CBr)cc(-c2ccc(Cl)cc2Cl)c1F. The van der Waals surface area contributed by atoms with Gasteiger partial charge in [-0.3, -0.25) is 4.98 Å². The van der Waals surface area contributed by atoms with E-state index < -0.39 is 0 Å². The van der Waals surface area contributed by atoms with Gasteiger partial charge in [-0.25, -0.2) is 4.39 Å². The maximum atomic E-state index is 14.3. The van der Waals surface area contributed by atoms with Gasteiger partial charge in [0, 0.05) is 26.5 Å². The van der Waals surface area contributed by atoms with Crippen molar-refractivity contribution in [2.75, 3.05) is 0 Å². The van der Waals surface area contributed by atoms with Crippen molar-refractivity contribution in [1.29, 1.82) is 0 Å². The summed E-state index contributed by atoms with van der Waals surface area (Å²) in [5.74, 6) is -0.385. The van der Waals surface area contributed by atoms with Gasteiger partial charge in [-0.1, -0.05) is 45.2 Å². The molecule has 2 rings (SSSR count). The quantitative estimate of drug-likeness (QED) is 0.661. The summed E-state index contributed by atoms with van der Waals surface area (Å²) in [5.41, 5.74) is 2.09. The molecule has 1 heterocycles. The first-order valence-corrected chi connectivity index (χ1v) is 7.43. The number of benzene rings is 1.